The summed E-state index contributed by atoms with van der Waals surface area (Å²) in [6.45, 7) is 1.53. The predicted molar refractivity (Wildman–Crippen MR) is 69.3 cm³/mol. The highest BCUT2D eigenvalue weighted by molar-refractivity contribution is 5.77. The maximum atomic E-state index is 11.7. The third kappa shape index (κ3) is 4.25. The number of ether oxygens (including phenoxy) is 1. The van der Waals surface area contributed by atoms with E-state index in [1.165, 1.54) is 6.42 Å². The Bertz CT molecular complexity index is 268. The molecule has 2 aliphatic rings. The number of amides is 1. The Morgan fingerprint density at radius 2 is 2.06 bits per heavy atom. The van der Waals surface area contributed by atoms with Crippen molar-refractivity contribution in [2.24, 2.45) is 0 Å². The van der Waals surface area contributed by atoms with Crippen LogP contribution in [0.1, 0.15) is 57.8 Å². The molecule has 4 heteroatoms. The molecule has 1 unspecified atom stereocenters. The van der Waals surface area contributed by atoms with Gasteiger partial charge in [0.15, 0.2) is 0 Å². The van der Waals surface area contributed by atoms with E-state index in [-0.39, 0.29) is 12.3 Å². The molecule has 0 radical (unpaired) electrons. The minimum Gasteiger partial charge on any atom is -0.389 e. The summed E-state index contributed by atoms with van der Waals surface area (Å²) in [5.41, 5.74) is -0.731. The summed E-state index contributed by atoms with van der Waals surface area (Å²) in [6.07, 6.45) is 8.60. The molecule has 2 fully saturated rings. The van der Waals surface area contributed by atoms with E-state index in [1.54, 1.807) is 0 Å². The van der Waals surface area contributed by atoms with Crippen molar-refractivity contribution in [2.75, 3.05) is 13.2 Å². The maximum absolute atomic E-state index is 11.7. The highest BCUT2D eigenvalue weighted by atomic mass is 16.5. The summed E-state index contributed by atoms with van der Waals surface area (Å²) < 4.78 is 5.61. The van der Waals surface area contributed by atoms with Crippen LogP contribution in [0.3, 0.4) is 0 Å². The number of nitrogens with one attached hydrogen (secondary N) is 1. The zero-order valence-electron chi connectivity index (χ0n) is 11.1. The Balaban J connectivity index is 1.59. The molecule has 2 N–H and O–H groups in total. The van der Waals surface area contributed by atoms with Crippen LogP contribution in [0.2, 0.25) is 0 Å². The average molecular weight is 255 g/mol. The maximum Gasteiger partial charge on any atom is 0.222 e. The molecule has 0 aromatic carbocycles. The largest absolute Gasteiger partial charge is 0.389 e. The van der Waals surface area contributed by atoms with Crippen molar-refractivity contribution in [2.45, 2.75) is 69.5 Å². The molecule has 1 atom stereocenters. The highest BCUT2D eigenvalue weighted by Gasteiger charge is 2.33. The van der Waals surface area contributed by atoms with Crippen LogP contribution in [0.25, 0.3) is 0 Å². The summed E-state index contributed by atoms with van der Waals surface area (Å²) >= 11 is 0. The van der Waals surface area contributed by atoms with Gasteiger partial charge in [0.1, 0.15) is 0 Å². The van der Waals surface area contributed by atoms with Gasteiger partial charge in [-0.1, -0.05) is 12.8 Å². The Hall–Kier alpha value is -0.610. The van der Waals surface area contributed by atoms with Crippen molar-refractivity contribution < 1.29 is 14.6 Å². The highest BCUT2D eigenvalue weighted by Crippen LogP contribution is 2.32. The van der Waals surface area contributed by atoms with Gasteiger partial charge in [-0.25, -0.2) is 0 Å². The summed E-state index contributed by atoms with van der Waals surface area (Å²) in [4.78, 5) is 11.7. The molecule has 1 amide bonds. The third-order valence-electron chi connectivity index (χ3n) is 4.09. The molecule has 4 nitrogen and oxygen atoms in total. The van der Waals surface area contributed by atoms with E-state index in [0.29, 0.717) is 12.6 Å². The Morgan fingerprint density at radius 1 is 1.28 bits per heavy atom. The standard InChI is InChI=1S/C14H25NO3/c16-13(11-14(17)7-2-3-8-14)15-9-6-12-5-1-4-10-18-12/h12,17H,1-11H2,(H,15,16). The van der Waals surface area contributed by atoms with Gasteiger partial charge in [0.25, 0.3) is 0 Å². The zero-order chi connectivity index (χ0) is 12.8. The van der Waals surface area contributed by atoms with Crippen LogP contribution in [-0.4, -0.2) is 35.9 Å². The van der Waals surface area contributed by atoms with Gasteiger partial charge in [0.2, 0.25) is 5.91 Å². The van der Waals surface area contributed by atoms with E-state index in [1.807, 2.05) is 0 Å². The van der Waals surface area contributed by atoms with Crippen molar-refractivity contribution in [3.05, 3.63) is 0 Å². The number of rotatable bonds is 5. The molecule has 1 saturated heterocycles. The van der Waals surface area contributed by atoms with Crippen molar-refractivity contribution in [1.29, 1.82) is 0 Å². The van der Waals surface area contributed by atoms with Crippen molar-refractivity contribution in [3.8, 4) is 0 Å². The van der Waals surface area contributed by atoms with E-state index >= 15 is 0 Å². The lowest BCUT2D eigenvalue weighted by atomic mass is 9.97. The number of hydrogen-bond acceptors (Lipinski definition) is 3. The third-order valence-corrected chi connectivity index (χ3v) is 4.09. The van der Waals surface area contributed by atoms with E-state index in [0.717, 1.165) is 51.6 Å². The molecule has 0 aromatic rings. The molecule has 2 rings (SSSR count). The molecule has 0 aromatic heterocycles. The SMILES string of the molecule is O=C(CC1(O)CCCC1)NCCC1CCCCO1. The topological polar surface area (TPSA) is 58.6 Å². The Kier molecular flexibility index (Phi) is 5.01. The molecule has 18 heavy (non-hydrogen) atoms. The van der Waals surface area contributed by atoms with Gasteiger partial charge in [0, 0.05) is 13.2 Å². The second kappa shape index (κ2) is 6.53. The van der Waals surface area contributed by atoms with Crippen molar-refractivity contribution in [1.82, 2.24) is 5.32 Å². The van der Waals surface area contributed by atoms with Gasteiger partial charge in [0.05, 0.1) is 18.1 Å². The fourth-order valence-corrected chi connectivity index (χ4v) is 2.98. The molecule has 1 saturated carbocycles. The van der Waals surface area contributed by atoms with E-state index in [4.69, 9.17) is 4.74 Å². The lowest BCUT2D eigenvalue weighted by Crippen LogP contribution is -2.36. The predicted octanol–water partition coefficient (Wildman–Crippen LogP) is 1.76. The Morgan fingerprint density at radius 3 is 2.72 bits per heavy atom. The first-order valence-corrected chi connectivity index (χ1v) is 7.29. The van der Waals surface area contributed by atoms with Crippen LogP contribution < -0.4 is 5.32 Å². The van der Waals surface area contributed by atoms with Gasteiger partial charge in [-0.05, 0) is 38.5 Å². The number of carbonyl (C=O) groups is 1. The van der Waals surface area contributed by atoms with Gasteiger partial charge in [-0.15, -0.1) is 0 Å². The van der Waals surface area contributed by atoms with E-state index in [2.05, 4.69) is 5.32 Å². The molecular formula is C14H25NO3. The van der Waals surface area contributed by atoms with Crippen LogP contribution >= 0.6 is 0 Å². The summed E-state index contributed by atoms with van der Waals surface area (Å²) in [7, 11) is 0. The lowest BCUT2D eigenvalue weighted by molar-refractivity contribution is -0.126. The van der Waals surface area contributed by atoms with Crippen LogP contribution in [0, 0.1) is 0 Å². The zero-order valence-corrected chi connectivity index (χ0v) is 11.1. The summed E-state index contributed by atoms with van der Waals surface area (Å²) in [5.74, 6) is -0.0183. The lowest BCUT2D eigenvalue weighted by Gasteiger charge is -2.23. The monoisotopic (exact) mass is 255 g/mol. The van der Waals surface area contributed by atoms with Gasteiger partial charge >= 0.3 is 0 Å². The first-order valence-electron chi connectivity index (χ1n) is 7.29. The fraction of sp³-hybridized carbons (Fsp3) is 0.929. The average Bonchev–Trinajstić information content (AvgIpc) is 2.77. The normalized spacial score (nSPS) is 27.1. The quantitative estimate of drug-likeness (QED) is 0.787. The number of carbonyl (C=O) groups excluding carboxylic acids is 1. The Labute approximate surface area is 109 Å². The van der Waals surface area contributed by atoms with Gasteiger partial charge in [-0.2, -0.15) is 0 Å². The first-order chi connectivity index (χ1) is 8.68. The van der Waals surface area contributed by atoms with Crippen LogP contribution in [0.15, 0.2) is 0 Å². The van der Waals surface area contributed by atoms with Crippen LogP contribution in [0.5, 0.6) is 0 Å². The fourth-order valence-electron chi connectivity index (χ4n) is 2.98. The van der Waals surface area contributed by atoms with E-state index in [9.17, 15) is 9.90 Å². The van der Waals surface area contributed by atoms with Crippen molar-refractivity contribution >= 4 is 5.91 Å². The number of aliphatic hydroxyl groups is 1. The number of hydrogen-bond donors (Lipinski definition) is 2. The molecule has 0 spiro atoms. The summed E-state index contributed by atoms with van der Waals surface area (Å²) in [6, 6.07) is 0. The minimum atomic E-state index is -0.731. The molecular weight excluding hydrogens is 230 g/mol. The second-order valence-corrected chi connectivity index (χ2v) is 5.74. The second-order valence-electron chi connectivity index (χ2n) is 5.74. The molecule has 1 aliphatic heterocycles. The molecule has 0 bridgehead atoms. The smallest absolute Gasteiger partial charge is 0.222 e. The van der Waals surface area contributed by atoms with Crippen molar-refractivity contribution in [3.63, 3.8) is 0 Å². The molecule has 104 valence electrons. The minimum absolute atomic E-state index is 0.0183. The van der Waals surface area contributed by atoms with Gasteiger partial charge in [-0.3, -0.25) is 4.79 Å². The summed E-state index contributed by atoms with van der Waals surface area (Å²) in [5, 5.41) is 13.0. The molecule has 1 heterocycles. The van der Waals surface area contributed by atoms with Crippen LogP contribution in [0.4, 0.5) is 0 Å². The van der Waals surface area contributed by atoms with E-state index < -0.39 is 5.60 Å². The van der Waals surface area contributed by atoms with Gasteiger partial charge < -0.3 is 15.2 Å². The van der Waals surface area contributed by atoms with Crippen LogP contribution in [-0.2, 0) is 9.53 Å². The molecule has 1 aliphatic carbocycles. The first kappa shape index (κ1) is 13.8.